The van der Waals surface area contributed by atoms with Crippen molar-refractivity contribution in [2.45, 2.75) is 18.9 Å². The monoisotopic (exact) mass is 260 g/mol. The zero-order valence-electron chi connectivity index (χ0n) is 10.7. The highest BCUT2D eigenvalue weighted by molar-refractivity contribution is 5.76. The van der Waals surface area contributed by atoms with Crippen molar-refractivity contribution in [2.75, 3.05) is 13.6 Å². The average molecular weight is 260 g/mol. The maximum absolute atomic E-state index is 11.4. The first-order chi connectivity index (χ1) is 9.15. The SMILES string of the molecule is CN1CCC(C(N)=O)CC1c1nc2nncc-2c[nH]1. The molecule has 19 heavy (non-hydrogen) atoms. The van der Waals surface area contributed by atoms with Crippen molar-refractivity contribution in [3.63, 3.8) is 0 Å². The summed E-state index contributed by atoms with van der Waals surface area (Å²) in [4.78, 5) is 21.2. The number of hydrogen-bond donors (Lipinski definition) is 2. The normalized spacial score (nSPS) is 24.7. The van der Waals surface area contributed by atoms with Crippen LogP contribution in [0.15, 0.2) is 12.4 Å². The summed E-state index contributed by atoms with van der Waals surface area (Å²) >= 11 is 0. The molecule has 3 N–H and O–H groups in total. The number of rotatable bonds is 2. The number of carbonyl (C=O) groups is 1. The lowest BCUT2D eigenvalue weighted by molar-refractivity contribution is -0.123. The number of amides is 1. The molecule has 2 atom stereocenters. The molecule has 1 amide bonds. The van der Waals surface area contributed by atoms with E-state index in [1.165, 1.54) is 0 Å². The molecule has 0 aromatic heterocycles. The van der Waals surface area contributed by atoms with Gasteiger partial charge >= 0.3 is 0 Å². The van der Waals surface area contributed by atoms with Gasteiger partial charge < -0.3 is 10.7 Å². The van der Waals surface area contributed by atoms with Gasteiger partial charge in [-0.05, 0) is 26.4 Å². The molecule has 7 nitrogen and oxygen atoms in total. The number of carbonyl (C=O) groups excluding carboxylic acids is 1. The van der Waals surface area contributed by atoms with E-state index in [1.54, 1.807) is 6.20 Å². The fourth-order valence-corrected chi connectivity index (χ4v) is 2.58. The summed E-state index contributed by atoms with van der Waals surface area (Å²) in [5.74, 6) is 1.12. The number of nitrogens with one attached hydrogen (secondary N) is 1. The summed E-state index contributed by atoms with van der Waals surface area (Å²) in [6, 6.07) is 0.0624. The molecule has 3 heterocycles. The fraction of sp³-hybridized carbons (Fsp3) is 0.500. The van der Waals surface area contributed by atoms with E-state index in [2.05, 4.69) is 25.1 Å². The van der Waals surface area contributed by atoms with Crippen molar-refractivity contribution < 1.29 is 4.79 Å². The second-order valence-electron chi connectivity index (χ2n) is 5.03. The number of H-pyrrole nitrogens is 1. The highest BCUT2D eigenvalue weighted by Crippen LogP contribution is 2.32. The van der Waals surface area contributed by atoms with Crippen molar-refractivity contribution in [1.29, 1.82) is 0 Å². The van der Waals surface area contributed by atoms with Gasteiger partial charge in [-0.3, -0.25) is 9.69 Å². The summed E-state index contributed by atoms with van der Waals surface area (Å²) in [6.45, 7) is 0.832. The van der Waals surface area contributed by atoms with Gasteiger partial charge in [-0.1, -0.05) is 0 Å². The standard InChI is InChI=1S/C12H16N6O/c1-18-3-2-7(10(13)19)4-9(18)12-14-5-8-6-15-17-11(8)16-12/h5-7,9H,2-4H2,1H3,(H2,13,19)(H,14,15,16,17). The second-order valence-corrected chi connectivity index (χ2v) is 5.03. The average Bonchev–Trinajstić information content (AvgIpc) is 2.86. The van der Waals surface area contributed by atoms with Gasteiger partial charge in [0.15, 0.2) is 5.82 Å². The number of aromatic nitrogens is 4. The zero-order valence-corrected chi connectivity index (χ0v) is 10.7. The maximum Gasteiger partial charge on any atom is 0.220 e. The van der Waals surface area contributed by atoms with Crippen LogP contribution in [-0.4, -0.2) is 44.6 Å². The van der Waals surface area contributed by atoms with E-state index in [0.717, 1.165) is 24.4 Å². The number of hydrogen-bond acceptors (Lipinski definition) is 5. The summed E-state index contributed by atoms with van der Waals surface area (Å²) in [5.41, 5.74) is 6.30. The maximum atomic E-state index is 11.4. The third-order valence-electron chi connectivity index (χ3n) is 3.80. The first-order valence-electron chi connectivity index (χ1n) is 6.31. The number of likely N-dealkylation sites (tertiary alicyclic amines) is 1. The Morgan fingerprint density at radius 1 is 1.58 bits per heavy atom. The number of nitrogens with zero attached hydrogens (tertiary/aromatic N) is 4. The molecular weight excluding hydrogens is 244 g/mol. The number of primary amides is 1. The minimum absolute atomic E-state index is 0.0624. The predicted molar refractivity (Wildman–Crippen MR) is 68.1 cm³/mol. The molecule has 7 heteroatoms. The molecule has 1 fully saturated rings. The van der Waals surface area contributed by atoms with E-state index in [9.17, 15) is 4.79 Å². The van der Waals surface area contributed by atoms with E-state index < -0.39 is 0 Å². The van der Waals surface area contributed by atoms with Gasteiger partial charge in [0.05, 0.1) is 17.8 Å². The first kappa shape index (κ1) is 12.0. The Hall–Kier alpha value is -2.02. The van der Waals surface area contributed by atoms with Crippen LogP contribution in [0.5, 0.6) is 0 Å². The molecule has 0 bridgehead atoms. The Bertz CT molecular complexity index is 567. The van der Waals surface area contributed by atoms with Gasteiger partial charge in [-0.15, -0.1) is 5.10 Å². The number of fused-ring (bicyclic) bond motifs is 1. The smallest absolute Gasteiger partial charge is 0.220 e. The highest BCUT2D eigenvalue weighted by Gasteiger charge is 2.31. The second kappa shape index (κ2) is 4.58. The van der Waals surface area contributed by atoms with E-state index in [1.807, 2.05) is 13.2 Å². The lowest BCUT2D eigenvalue weighted by Crippen LogP contribution is -2.39. The zero-order chi connectivity index (χ0) is 13.4. The van der Waals surface area contributed by atoms with E-state index in [-0.39, 0.29) is 17.9 Å². The number of piperidine rings is 1. The molecule has 1 saturated heterocycles. The molecule has 0 aromatic rings. The van der Waals surface area contributed by atoms with Crippen LogP contribution in [-0.2, 0) is 4.79 Å². The molecular formula is C12H16N6O. The predicted octanol–water partition coefficient (Wildman–Crippen LogP) is 0.173. The minimum Gasteiger partial charge on any atom is -0.369 e. The van der Waals surface area contributed by atoms with Crippen LogP contribution in [0.1, 0.15) is 24.7 Å². The van der Waals surface area contributed by atoms with Crippen LogP contribution in [0.3, 0.4) is 0 Å². The van der Waals surface area contributed by atoms with Gasteiger partial charge in [-0.2, -0.15) is 5.10 Å². The molecule has 0 aliphatic carbocycles. The molecule has 3 aliphatic heterocycles. The largest absolute Gasteiger partial charge is 0.369 e. The van der Waals surface area contributed by atoms with Gasteiger partial charge in [-0.25, -0.2) is 4.98 Å². The summed E-state index contributed by atoms with van der Waals surface area (Å²) in [6.07, 6.45) is 5.01. The Morgan fingerprint density at radius 2 is 2.42 bits per heavy atom. The molecule has 3 aliphatic rings. The summed E-state index contributed by atoms with van der Waals surface area (Å²) < 4.78 is 0. The highest BCUT2D eigenvalue weighted by atomic mass is 16.1. The first-order valence-corrected chi connectivity index (χ1v) is 6.31. The fourth-order valence-electron chi connectivity index (χ4n) is 2.58. The quantitative estimate of drug-likeness (QED) is 0.801. The summed E-state index contributed by atoms with van der Waals surface area (Å²) in [7, 11) is 2.03. The molecule has 100 valence electrons. The Morgan fingerprint density at radius 3 is 3.21 bits per heavy atom. The number of nitrogens with two attached hydrogens (primary N) is 1. The molecule has 3 rings (SSSR count). The van der Waals surface area contributed by atoms with Crippen LogP contribution in [0.25, 0.3) is 11.4 Å². The van der Waals surface area contributed by atoms with Crippen molar-refractivity contribution in [3.05, 3.63) is 18.2 Å². The third-order valence-corrected chi connectivity index (χ3v) is 3.80. The van der Waals surface area contributed by atoms with Crippen molar-refractivity contribution in [3.8, 4) is 11.4 Å². The molecule has 2 unspecified atom stereocenters. The molecule has 0 spiro atoms. The lowest BCUT2D eigenvalue weighted by atomic mass is 9.90. The van der Waals surface area contributed by atoms with Crippen LogP contribution in [0.2, 0.25) is 0 Å². The van der Waals surface area contributed by atoms with E-state index >= 15 is 0 Å². The van der Waals surface area contributed by atoms with Crippen LogP contribution in [0, 0.1) is 5.92 Å². The van der Waals surface area contributed by atoms with Crippen molar-refractivity contribution in [2.24, 2.45) is 11.7 Å². The van der Waals surface area contributed by atoms with Crippen molar-refractivity contribution in [1.82, 2.24) is 25.1 Å². The number of aromatic amines is 1. The van der Waals surface area contributed by atoms with Gasteiger partial charge in [0.2, 0.25) is 5.91 Å². The molecule has 0 radical (unpaired) electrons. The van der Waals surface area contributed by atoms with Crippen LogP contribution >= 0.6 is 0 Å². The van der Waals surface area contributed by atoms with Crippen LogP contribution in [0.4, 0.5) is 0 Å². The van der Waals surface area contributed by atoms with Gasteiger partial charge in [0.1, 0.15) is 5.82 Å². The third kappa shape index (κ3) is 2.17. The van der Waals surface area contributed by atoms with E-state index in [4.69, 9.17) is 5.73 Å². The van der Waals surface area contributed by atoms with Crippen molar-refractivity contribution >= 4 is 5.91 Å². The van der Waals surface area contributed by atoms with E-state index in [0.29, 0.717) is 12.2 Å². The Balaban J connectivity index is 1.90. The molecule has 0 aromatic carbocycles. The van der Waals surface area contributed by atoms with Gasteiger partial charge in [0.25, 0.3) is 0 Å². The lowest BCUT2D eigenvalue weighted by Gasteiger charge is -2.35. The summed E-state index contributed by atoms with van der Waals surface area (Å²) in [5, 5.41) is 7.79. The Kier molecular flexibility index (Phi) is 2.90. The minimum atomic E-state index is -0.229. The van der Waals surface area contributed by atoms with Gasteiger partial charge in [0, 0.05) is 12.1 Å². The molecule has 0 saturated carbocycles. The topological polar surface area (TPSA) is 101 Å². The Labute approximate surface area is 110 Å². The van der Waals surface area contributed by atoms with Crippen LogP contribution < -0.4 is 5.73 Å².